The number of hydrogen-bond donors (Lipinski definition) is 1. The van der Waals surface area contributed by atoms with Gasteiger partial charge in [0.15, 0.2) is 0 Å². The summed E-state index contributed by atoms with van der Waals surface area (Å²) in [6.07, 6.45) is 0.865. The summed E-state index contributed by atoms with van der Waals surface area (Å²) in [6.45, 7) is 2.52. The summed E-state index contributed by atoms with van der Waals surface area (Å²) in [5.41, 5.74) is 1.29. The van der Waals surface area contributed by atoms with Gasteiger partial charge in [0, 0.05) is 20.3 Å². The quantitative estimate of drug-likeness (QED) is 0.621. The minimum Gasteiger partial charge on any atom is -0.411 e. The zero-order valence-corrected chi connectivity index (χ0v) is 11.2. The molecule has 1 aliphatic rings. The Bertz CT molecular complexity index is 620. The van der Waals surface area contributed by atoms with E-state index in [1.54, 1.807) is 18.2 Å². The maximum atomic E-state index is 12.3. The largest absolute Gasteiger partial charge is 0.411 e. The Balaban J connectivity index is 2.65. The van der Waals surface area contributed by atoms with Crippen molar-refractivity contribution in [1.82, 2.24) is 0 Å². The van der Waals surface area contributed by atoms with E-state index in [4.69, 9.17) is 5.21 Å². The summed E-state index contributed by atoms with van der Waals surface area (Å²) >= 11 is 0. The van der Waals surface area contributed by atoms with Crippen LogP contribution in [0, 0.1) is 0 Å². The number of ketones is 1. The minimum absolute atomic E-state index is 0.0389. The molecule has 0 bridgehead atoms. The monoisotopic (exact) mass is 274 g/mol. The van der Waals surface area contributed by atoms with Crippen molar-refractivity contribution in [2.45, 2.75) is 26.7 Å². The van der Waals surface area contributed by atoms with Crippen molar-refractivity contribution in [3.63, 3.8) is 0 Å². The molecule has 0 aliphatic heterocycles. The summed E-state index contributed by atoms with van der Waals surface area (Å²) in [7, 11) is 0. The summed E-state index contributed by atoms with van der Waals surface area (Å²) in [6, 6.07) is 5.00. The molecule has 0 saturated heterocycles. The lowest BCUT2D eigenvalue weighted by atomic mass is 9.87. The van der Waals surface area contributed by atoms with E-state index in [1.807, 2.05) is 0 Å². The van der Waals surface area contributed by atoms with Gasteiger partial charge >= 0.3 is 0 Å². The van der Waals surface area contributed by atoms with Gasteiger partial charge in [0.25, 0.3) is 0 Å². The smallest absolute Gasteiger partial charge is 0.230 e. The molecule has 0 saturated carbocycles. The van der Waals surface area contributed by atoms with E-state index in [-0.39, 0.29) is 17.0 Å². The minimum atomic E-state index is -0.466. The van der Waals surface area contributed by atoms with Crippen molar-refractivity contribution in [2.75, 3.05) is 4.90 Å². The molecule has 0 radical (unpaired) electrons. The van der Waals surface area contributed by atoms with Crippen molar-refractivity contribution in [3.05, 3.63) is 29.3 Å². The van der Waals surface area contributed by atoms with Crippen molar-refractivity contribution in [2.24, 2.45) is 5.16 Å². The van der Waals surface area contributed by atoms with E-state index >= 15 is 0 Å². The van der Waals surface area contributed by atoms with Gasteiger partial charge in [-0.15, -0.1) is 0 Å². The van der Waals surface area contributed by atoms with E-state index in [1.165, 1.54) is 13.8 Å². The maximum Gasteiger partial charge on any atom is 0.230 e. The fraction of sp³-hybridized carbons (Fsp3) is 0.286. The summed E-state index contributed by atoms with van der Waals surface area (Å²) in [5.74, 6) is -1.38. The molecule has 20 heavy (non-hydrogen) atoms. The van der Waals surface area contributed by atoms with Crippen LogP contribution in [-0.4, -0.2) is 28.5 Å². The Morgan fingerprint density at radius 1 is 1.20 bits per heavy atom. The first kappa shape index (κ1) is 13.9. The molecular weight excluding hydrogens is 260 g/mol. The highest BCUT2D eigenvalue weighted by Crippen LogP contribution is 2.30. The second kappa shape index (κ2) is 5.24. The van der Waals surface area contributed by atoms with Crippen LogP contribution in [0.15, 0.2) is 23.4 Å². The topological polar surface area (TPSA) is 87.0 Å². The molecule has 0 heterocycles. The molecule has 0 unspecified atom stereocenters. The van der Waals surface area contributed by atoms with E-state index in [0.29, 0.717) is 12.8 Å². The fourth-order valence-corrected chi connectivity index (χ4v) is 2.41. The number of carbonyl (C=O) groups excluding carboxylic acids is 3. The average molecular weight is 274 g/mol. The van der Waals surface area contributed by atoms with Crippen LogP contribution >= 0.6 is 0 Å². The molecule has 0 aromatic heterocycles. The van der Waals surface area contributed by atoms with Gasteiger partial charge in [-0.05, 0) is 18.1 Å². The van der Waals surface area contributed by atoms with Crippen LogP contribution in [0.1, 0.15) is 36.2 Å². The first-order valence-electron chi connectivity index (χ1n) is 6.16. The Morgan fingerprint density at radius 2 is 1.85 bits per heavy atom. The zero-order valence-electron chi connectivity index (χ0n) is 11.2. The lowest BCUT2D eigenvalue weighted by Gasteiger charge is -2.24. The fourth-order valence-electron chi connectivity index (χ4n) is 2.41. The maximum absolute atomic E-state index is 12.3. The Kier molecular flexibility index (Phi) is 3.65. The highest BCUT2D eigenvalue weighted by Gasteiger charge is 2.30. The van der Waals surface area contributed by atoms with Gasteiger partial charge in [0.05, 0.1) is 11.3 Å². The first-order valence-corrected chi connectivity index (χ1v) is 6.16. The van der Waals surface area contributed by atoms with Gasteiger partial charge in [0.2, 0.25) is 17.6 Å². The van der Waals surface area contributed by atoms with Crippen molar-refractivity contribution in [3.8, 4) is 0 Å². The van der Waals surface area contributed by atoms with Crippen molar-refractivity contribution >= 4 is 29.0 Å². The number of aryl methyl sites for hydroxylation is 1. The molecular formula is C14H14N2O4. The van der Waals surface area contributed by atoms with E-state index in [0.717, 1.165) is 10.5 Å². The van der Waals surface area contributed by atoms with Gasteiger partial charge in [0.1, 0.15) is 5.71 Å². The second-order valence-corrected chi connectivity index (χ2v) is 4.56. The number of carbonyl (C=O) groups is 3. The van der Waals surface area contributed by atoms with Crippen LogP contribution < -0.4 is 4.90 Å². The van der Waals surface area contributed by atoms with E-state index in [9.17, 15) is 14.4 Å². The van der Waals surface area contributed by atoms with Gasteiger partial charge < -0.3 is 5.21 Å². The number of benzene rings is 1. The number of oxime groups is 1. The molecule has 2 rings (SSSR count). The molecule has 0 spiro atoms. The van der Waals surface area contributed by atoms with Gasteiger partial charge in [-0.2, -0.15) is 0 Å². The van der Waals surface area contributed by atoms with Crippen LogP contribution in [0.4, 0.5) is 5.69 Å². The Labute approximate surface area is 115 Å². The predicted octanol–water partition coefficient (Wildman–Crippen LogP) is 1.55. The molecule has 1 aromatic carbocycles. The third-order valence-electron chi connectivity index (χ3n) is 3.24. The molecule has 104 valence electrons. The van der Waals surface area contributed by atoms with Gasteiger partial charge in [-0.3, -0.25) is 19.3 Å². The zero-order chi connectivity index (χ0) is 14.9. The Hall–Kier alpha value is -2.50. The number of Topliss-reactive ketones (excluding diaryl/α,β-unsaturated/α-hetero) is 1. The standard InChI is InChI=1S/C14H14N2O4/c1-8(17)16(9(2)18)12-5-3-4-10-6-7-11(15-20)14(19)13(10)12/h3-5,20H,6-7H2,1-2H3. The highest BCUT2D eigenvalue weighted by atomic mass is 16.4. The lowest BCUT2D eigenvalue weighted by Crippen LogP contribution is -2.36. The number of hydrogen-bond acceptors (Lipinski definition) is 5. The number of anilines is 1. The number of amides is 2. The van der Waals surface area contributed by atoms with Crippen LogP contribution in [0.3, 0.4) is 0 Å². The third kappa shape index (κ3) is 2.20. The van der Waals surface area contributed by atoms with Gasteiger partial charge in [-0.1, -0.05) is 17.3 Å². The van der Waals surface area contributed by atoms with E-state index in [2.05, 4.69) is 5.16 Å². The van der Waals surface area contributed by atoms with Crippen LogP contribution in [0.2, 0.25) is 0 Å². The predicted molar refractivity (Wildman–Crippen MR) is 72.2 cm³/mol. The van der Waals surface area contributed by atoms with Crippen molar-refractivity contribution in [1.29, 1.82) is 0 Å². The van der Waals surface area contributed by atoms with Crippen molar-refractivity contribution < 1.29 is 19.6 Å². The lowest BCUT2D eigenvalue weighted by molar-refractivity contribution is -0.124. The molecule has 0 atom stereocenters. The van der Waals surface area contributed by atoms with Crippen LogP contribution in [0.25, 0.3) is 0 Å². The van der Waals surface area contributed by atoms with E-state index < -0.39 is 17.6 Å². The van der Waals surface area contributed by atoms with Crippen LogP contribution in [-0.2, 0) is 16.0 Å². The number of imide groups is 1. The third-order valence-corrected chi connectivity index (χ3v) is 3.24. The molecule has 1 aliphatic carbocycles. The number of fused-ring (bicyclic) bond motifs is 1. The molecule has 1 N–H and O–H groups in total. The molecule has 2 amide bonds. The summed E-state index contributed by atoms with van der Waals surface area (Å²) in [5, 5.41) is 11.9. The number of nitrogens with zero attached hydrogens (tertiary/aromatic N) is 2. The molecule has 6 heteroatoms. The molecule has 1 aromatic rings. The summed E-state index contributed by atoms with van der Waals surface area (Å²) in [4.78, 5) is 36.5. The first-order chi connectivity index (χ1) is 9.47. The average Bonchev–Trinajstić information content (AvgIpc) is 2.38. The summed E-state index contributed by atoms with van der Waals surface area (Å²) < 4.78 is 0. The Morgan fingerprint density at radius 3 is 2.40 bits per heavy atom. The second-order valence-electron chi connectivity index (χ2n) is 4.56. The molecule has 6 nitrogen and oxygen atoms in total. The molecule has 0 fully saturated rings. The normalized spacial score (nSPS) is 15.9. The SMILES string of the molecule is CC(=O)N(C(C)=O)c1cccc2c1C(=O)C(=NO)CC2. The van der Waals surface area contributed by atoms with Gasteiger partial charge in [-0.25, -0.2) is 0 Å². The number of rotatable bonds is 1. The van der Waals surface area contributed by atoms with Crippen LogP contribution in [0.5, 0.6) is 0 Å². The highest BCUT2D eigenvalue weighted by molar-refractivity contribution is 6.48.